The molecule has 1 aliphatic heterocycles. The Morgan fingerprint density at radius 3 is 2.53 bits per heavy atom. The smallest absolute Gasteiger partial charge is 0.386 e. The molecule has 0 fully saturated rings. The van der Waals surface area contributed by atoms with Crippen molar-refractivity contribution in [2.45, 2.75) is 12.6 Å². The summed E-state index contributed by atoms with van der Waals surface area (Å²) >= 11 is 0. The Balaban J connectivity index is 0.00000144. The lowest BCUT2D eigenvalue weighted by Gasteiger charge is -2.15. The van der Waals surface area contributed by atoms with Crippen LogP contribution in [0.4, 0.5) is 18.9 Å². The Bertz CT molecular complexity index is 431. The van der Waals surface area contributed by atoms with E-state index in [2.05, 4.69) is 5.10 Å². The third-order valence-corrected chi connectivity index (χ3v) is 2.30. The van der Waals surface area contributed by atoms with Gasteiger partial charge in [-0.25, -0.2) is 0 Å². The quantitative estimate of drug-likeness (QED) is 0.848. The van der Waals surface area contributed by atoms with E-state index in [1.54, 1.807) is 6.07 Å². The van der Waals surface area contributed by atoms with Crippen molar-refractivity contribution < 1.29 is 13.2 Å². The van der Waals surface area contributed by atoms with Gasteiger partial charge in [0, 0.05) is 13.0 Å². The molecule has 0 saturated heterocycles. The molecule has 94 valence electrons. The van der Waals surface area contributed by atoms with Crippen LogP contribution in [0.15, 0.2) is 29.4 Å². The predicted molar refractivity (Wildman–Crippen MR) is 62.3 cm³/mol. The second kappa shape index (κ2) is 4.83. The van der Waals surface area contributed by atoms with Crippen molar-refractivity contribution in [3.05, 3.63) is 29.8 Å². The molecule has 0 aromatic heterocycles. The third-order valence-electron chi connectivity index (χ3n) is 2.30. The lowest BCUT2D eigenvalue weighted by Crippen LogP contribution is -2.13. The van der Waals surface area contributed by atoms with Gasteiger partial charge in [-0.15, -0.1) is 12.4 Å². The first-order valence-corrected chi connectivity index (χ1v) is 4.74. The number of hydrogen-bond donors (Lipinski definition) is 1. The van der Waals surface area contributed by atoms with Crippen LogP contribution in [-0.2, 0) is 6.18 Å². The molecule has 0 aliphatic carbocycles. The van der Waals surface area contributed by atoms with E-state index >= 15 is 0 Å². The number of benzene rings is 1. The van der Waals surface area contributed by atoms with Crippen molar-refractivity contribution in [3.63, 3.8) is 0 Å². The summed E-state index contributed by atoms with van der Waals surface area (Å²) in [6.07, 6.45) is -3.75. The second-order valence-electron chi connectivity index (χ2n) is 3.51. The highest BCUT2D eigenvalue weighted by Gasteiger charge is 2.31. The zero-order valence-corrected chi connectivity index (χ0v) is 9.55. The highest BCUT2D eigenvalue weighted by molar-refractivity contribution is 5.85. The number of hydrogen-bond acceptors (Lipinski definition) is 3. The maximum absolute atomic E-state index is 12.5. The highest BCUT2D eigenvalue weighted by Crippen LogP contribution is 2.32. The number of nitrogens with two attached hydrogens (primary N) is 1. The highest BCUT2D eigenvalue weighted by atomic mass is 35.5. The number of halogens is 4. The maximum Gasteiger partial charge on any atom is 0.416 e. The second-order valence-corrected chi connectivity index (χ2v) is 3.51. The van der Waals surface area contributed by atoms with Gasteiger partial charge in [0.1, 0.15) is 5.84 Å². The van der Waals surface area contributed by atoms with E-state index in [9.17, 15) is 13.2 Å². The molecule has 1 aliphatic rings. The van der Waals surface area contributed by atoms with Crippen molar-refractivity contribution in [3.8, 4) is 0 Å². The van der Waals surface area contributed by atoms with Gasteiger partial charge >= 0.3 is 6.18 Å². The summed E-state index contributed by atoms with van der Waals surface area (Å²) in [7, 11) is 0. The minimum Gasteiger partial charge on any atom is -0.386 e. The van der Waals surface area contributed by atoms with Crippen molar-refractivity contribution in [1.82, 2.24) is 0 Å². The van der Waals surface area contributed by atoms with Crippen LogP contribution in [0, 0.1) is 0 Å². The fourth-order valence-electron chi connectivity index (χ4n) is 1.51. The van der Waals surface area contributed by atoms with E-state index in [4.69, 9.17) is 5.73 Å². The molecular formula is C10H11ClF3N3. The van der Waals surface area contributed by atoms with Crippen LogP contribution in [0.5, 0.6) is 0 Å². The Hall–Kier alpha value is -1.43. The summed E-state index contributed by atoms with van der Waals surface area (Å²) in [6.45, 7) is 0.521. The normalized spacial score (nSPS) is 15.5. The van der Waals surface area contributed by atoms with Crippen LogP contribution < -0.4 is 10.7 Å². The summed E-state index contributed by atoms with van der Waals surface area (Å²) in [4.78, 5) is 0. The molecule has 3 nitrogen and oxygen atoms in total. The first kappa shape index (κ1) is 13.6. The molecule has 0 spiro atoms. The first-order chi connectivity index (χ1) is 7.47. The third kappa shape index (κ3) is 3.03. The van der Waals surface area contributed by atoms with E-state index < -0.39 is 11.7 Å². The summed E-state index contributed by atoms with van der Waals surface area (Å²) in [5.74, 6) is 0.442. The lowest BCUT2D eigenvalue weighted by atomic mass is 10.2. The molecule has 0 radical (unpaired) electrons. The molecular weight excluding hydrogens is 255 g/mol. The molecule has 0 bridgehead atoms. The number of amidine groups is 1. The topological polar surface area (TPSA) is 41.6 Å². The standard InChI is InChI=1S/C10H10F3N3.ClH/c11-10(12,13)7-2-1-3-8(6-7)16-5-4-9(14)15-16;/h1-3,6H,4-5H2,(H2,14,15);1H. The van der Waals surface area contributed by atoms with E-state index in [0.717, 1.165) is 12.1 Å². The van der Waals surface area contributed by atoms with Crippen LogP contribution in [0.1, 0.15) is 12.0 Å². The minimum atomic E-state index is -4.33. The summed E-state index contributed by atoms with van der Waals surface area (Å²) in [5.41, 5.74) is 5.21. The van der Waals surface area contributed by atoms with Crippen molar-refractivity contribution in [1.29, 1.82) is 0 Å². The van der Waals surface area contributed by atoms with Gasteiger partial charge in [0.25, 0.3) is 0 Å². The Morgan fingerprint density at radius 1 is 1.29 bits per heavy atom. The summed E-state index contributed by atoms with van der Waals surface area (Å²) in [5, 5.41) is 5.42. The average Bonchev–Trinajstić information content (AvgIpc) is 2.64. The molecule has 1 aromatic carbocycles. The molecule has 0 unspecified atom stereocenters. The largest absolute Gasteiger partial charge is 0.416 e. The van der Waals surface area contributed by atoms with E-state index in [1.807, 2.05) is 0 Å². The fourth-order valence-corrected chi connectivity index (χ4v) is 1.51. The average molecular weight is 266 g/mol. The summed E-state index contributed by atoms with van der Waals surface area (Å²) in [6, 6.07) is 5.05. The predicted octanol–water partition coefficient (Wildman–Crippen LogP) is 2.61. The van der Waals surface area contributed by atoms with Crippen molar-refractivity contribution in [2.24, 2.45) is 10.8 Å². The van der Waals surface area contributed by atoms with Crippen molar-refractivity contribution in [2.75, 3.05) is 11.6 Å². The molecule has 2 N–H and O–H groups in total. The zero-order chi connectivity index (χ0) is 11.8. The monoisotopic (exact) mass is 265 g/mol. The van der Waals surface area contributed by atoms with E-state index in [1.165, 1.54) is 11.1 Å². The van der Waals surface area contributed by atoms with Crippen LogP contribution in [0.25, 0.3) is 0 Å². The molecule has 2 rings (SSSR count). The Labute approximate surface area is 103 Å². The van der Waals surface area contributed by atoms with Gasteiger partial charge < -0.3 is 5.73 Å². The lowest BCUT2D eigenvalue weighted by molar-refractivity contribution is -0.137. The minimum absolute atomic E-state index is 0. The number of nitrogens with zero attached hydrogens (tertiary/aromatic N) is 2. The number of alkyl halides is 3. The SMILES string of the molecule is Cl.NC1=NN(c2cccc(C(F)(F)F)c2)CC1. The van der Waals surface area contributed by atoms with Gasteiger partial charge in [0.2, 0.25) is 0 Å². The maximum atomic E-state index is 12.5. The first-order valence-electron chi connectivity index (χ1n) is 4.74. The number of hydrazone groups is 1. The molecule has 0 saturated carbocycles. The molecule has 0 amide bonds. The van der Waals surface area contributed by atoms with Gasteiger partial charge in [0.05, 0.1) is 11.3 Å². The molecule has 0 atom stereocenters. The van der Waals surface area contributed by atoms with E-state index in [0.29, 0.717) is 24.5 Å². The Morgan fingerprint density at radius 2 is 2.00 bits per heavy atom. The van der Waals surface area contributed by atoms with Gasteiger partial charge in [-0.3, -0.25) is 5.01 Å². The van der Waals surface area contributed by atoms with Crippen LogP contribution in [0.2, 0.25) is 0 Å². The number of anilines is 1. The fraction of sp³-hybridized carbons (Fsp3) is 0.300. The summed E-state index contributed by atoms with van der Waals surface area (Å²) < 4.78 is 37.4. The van der Waals surface area contributed by atoms with Crippen LogP contribution >= 0.6 is 12.4 Å². The Kier molecular flexibility index (Phi) is 3.87. The number of rotatable bonds is 1. The van der Waals surface area contributed by atoms with Crippen LogP contribution in [0.3, 0.4) is 0 Å². The van der Waals surface area contributed by atoms with Crippen molar-refractivity contribution >= 4 is 23.9 Å². The van der Waals surface area contributed by atoms with Gasteiger partial charge in [-0.1, -0.05) is 6.07 Å². The zero-order valence-electron chi connectivity index (χ0n) is 8.74. The van der Waals surface area contributed by atoms with Gasteiger partial charge in [-0.05, 0) is 18.2 Å². The van der Waals surface area contributed by atoms with Crippen LogP contribution in [-0.4, -0.2) is 12.4 Å². The van der Waals surface area contributed by atoms with E-state index in [-0.39, 0.29) is 12.4 Å². The molecule has 7 heteroatoms. The van der Waals surface area contributed by atoms with Gasteiger partial charge in [-0.2, -0.15) is 18.3 Å². The molecule has 1 heterocycles. The van der Waals surface area contributed by atoms with Gasteiger partial charge in [0.15, 0.2) is 0 Å². The molecule has 1 aromatic rings. The molecule has 17 heavy (non-hydrogen) atoms.